The predicted molar refractivity (Wildman–Crippen MR) is 153 cm³/mol. The average Bonchev–Trinajstić information content (AvgIpc) is 3.69. The molecule has 7 heteroatoms. The van der Waals surface area contributed by atoms with Crippen molar-refractivity contribution in [3.8, 4) is 5.75 Å². The molecule has 0 N–H and O–H groups in total. The van der Waals surface area contributed by atoms with Crippen LogP contribution in [0.5, 0.6) is 5.75 Å². The third-order valence-corrected chi connectivity index (χ3v) is 11.2. The van der Waals surface area contributed by atoms with Crippen molar-refractivity contribution in [3.05, 3.63) is 64.2 Å². The molecule has 0 aromatic heterocycles. The SMILES string of the molecule is COc1ccc2c(c1)C13CCN(CC4CC4)C(C2)C12CCC(N(CI)C(=O)c1cccc(Cl)c1)C3CO2. The number of piperidine rings is 1. The van der Waals surface area contributed by atoms with Crippen LogP contribution in [-0.4, -0.2) is 64.7 Å². The normalized spacial score (nSPS) is 34.0. The Morgan fingerprint density at radius 2 is 2.08 bits per heavy atom. The van der Waals surface area contributed by atoms with Gasteiger partial charge in [-0.05, 0) is 92.4 Å². The number of methoxy groups -OCH3 is 1. The van der Waals surface area contributed by atoms with E-state index in [4.69, 9.17) is 21.1 Å². The molecule has 37 heavy (non-hydrogen) atoms. The summed E-state index contributed by atoms with van der Waals surface area (Å²) in [6.07, 6.45) is 6.84. The molecule has 4 bridgehead atoms. The Morgan fingerprint density at radius 3 is 2.84 bits per heavy atom. The van der Waals surface area contributed by atoms with E-state index < -0.39 is 0 Å². The number of fused-ring (bicyclic) bond motifs is 1. The van der Waals surface area contributed by atoms with Gasteiger partial charge in [-0.15, -0.1) is 0 Å². The summed E-state index contributed by atoms with van der Waals surface area (Å²) >= 11 is 8.63. The molecular formula is C30H34ClIN2O3. The standard InChI is InChI=1S/C30H34ClIN2O3/c1-36-23-8-7-20-14-27-30-10-9-26(34(18-32)28(35)21-3-2-4-22(31)13-21)25(17-37-30)29(30,24(20)15-23)11-12-33(27)16-19-5-6-19/h2-4,7-8,13,15,19,25-27H,5-6,9-12,14,16-18H2,1H3. The van der Waals surface area contributed by atoms with Crippen LogP contribution in [0.4, 0.5) is 0 Å². The van der Waals surface area contributed by atoms with Crippen LogP contribution in [0.3, 0.4) is 0 Å². The highest BCUT2D eigenvalue weighted by atomic mass is 127. The second-order valence-corrected chi connectivity index (χ2v) is 12.8. The summed E-state index contributed by atoms with van der Waals surface area (Å²) in [4.78, 5) is 18.7. The Hall–Kier alpha value is -1.35. The highest BCUT2D eigenvalue weighted by molar-refractivity contribution is 14.1. The van der Waals surface area contributed by atoms with E-state index in [0.717, 1.165) is 43.9 Å². The van der Waals surface area contributed by atoms with E-state index in [1.807, 2.05) is 18.2 Å². The number of carbonyl (C=O) groups is 1. The van der Waals surface area contributed by atoms with E-state index in [1.165, 1.54) is 30.5 Å². The van der Waals surface area contributed by atoms with Crippen molar-refractivity contribution in [3.63, 3.8) is 0 Å². The lowest BCUT2D eigenvalue weighted by atomic mass is 9.46. The summed E-state index contributed by atoms with van der Waals surface area (Å²) in [5, 5.41) is 0.601. The zero-order valence-electron chi connectivity index (χ0n) is 21.3. The number of carbonyl (C=O) groups excluding carboxylic acids is 1. The highest BCUT2D eigenvalue weighted by Crippen LogP contribution is 2.66. The van der Waals surface area contributed by atoms with Gasteiger partial charge in [0.25, 0.3) is 5.91 Å². The molecule has 2 saturated heterocycles. The van der Waals surface area contributed by atoms with Crippen molar-refractivity contribution in [1.29, 1.82) is 0 Å². The van der Waals surface area contributed by atoms with Gasteiger partial charge in [0.05, 0.1) is 23.9 Å². The number of hydrogen-bond acceptors (Lipinski definition) is 4. The summed E-state index contributed by atoms with van der Waals surface area (Å²) in [5.41, 5.74) is 3.25. The minimum absolute atomic E-state index is 0.0714. The van der Waals surface area contributed by atoms with Crippen LogP contribution in [0, 0.1) is 11.8 Å². The molecule has 1 amide bonds. The van der Waals surface area contributed by atoms with Gasteiger partial charge < -0.3 is 14.4 Å². The van der Waals surface area contributed by atoms with Crippen molar-refractivity contribution >= 4 is 40.1 Å². The van der Waals surface area contributed by atoms with Gasteiger partial charge in [-0.25, -0.2) is 0 Å². The Kier molecular flexibility index (Phi) is 6.07. The van der Waals surface area contributed by atoms with Crippen LogP contribution in [-0.2, 0) is 16.6 Å². The summed E-state index contributed by atoms with van der Waals surface area (Å²) in [5.74, 6) is 2.11. The second kappa shape index (κ2) is 9.10. The van der Waals surface area contributed by atoms with E-state index in [0.29, 0.717) is 27.8 Å². The monoisotopic (exact) mass is 632 g/mol. The Bertz CT molecular complexity index is 1240. The number of ether oxygens (including phenoxy) is 2. The van der Waals surface area contributed by atoms with Gasteiger partial charge in [0, 0.05) is 40.5 Å². The summed E-state index contributed by atoms with van der Waals surface area (Å²) < 4.78 is 13.5. The summed E-state index contributed by atoms with van der Waals surface area (Å²) in [7, 11) is 1.76. The van der Waals surface area contributed by atoms with Crippen LogP contribution < -0.4 is 4.74 Å². The molecule has 5 aliphatic rings. The van der Waals surface area contributed by atoms with Crippen molar-refractivity contribution in [1.82, 2.24) is 9.80 Å². The molecule has 5 unspecified atom stereocenters. The molecule has 5 atom stereocenters. The zero-order valence-corrected chi connectivity index (χ0v) is 24.2. The lowest BCUT2D eigenvalue weighted by Gasteiger charge is -2.65. The number of halogens is 2. The van der Waals surface area contributed by atoms with E-state index in [-0.39, 0.29) is 28.9 Å². The number of alkyl halides is 1. The fourth-order valence-corrected chi connectivity index (χ4v) is 9.50. The van der Waals surface area contributed by atoms with E-state index in [2.05, 4.69) is 50.6 Å². The molecule has 7 rings (SSSR count). The molecule has 2 heterocycles. The fourth-order valence-electron chi connectivity index (χ4n) is 8.49. The number of nitrogens with zero attached hydrogens (tertiary/aromatic N) is 2. The maximum atomic E-state index is 13.9. The van der Waals surface area contributed by atoms with Crippen molar-refractivity contribution in [2.45, 2.75) is 61.6 Å². The quantitative estimate of drug-likeness (QED) is 0.233. The lowest BCUT2D eigenvalue weighted by molar-refractivity contribution is -0.152. The van der Waals surface area contributed by atoms with Crippen LogP contribution in [0.25, 0.3) is 0 Å². The third kappa shape index (κ3) is 3.57. The number of rotatable bonds is 6. The molecule has 2 aliphatic heterocycles. The Morgan fingerprint density at radius 1 is 1.22 bits per heavy atom. The van der Waals surface area contributed by atoms with E-state index in [1.54, 1.807) is 13.2 Å². The number of amides is 1. The average molecular weight is 633 g/mol. The molecule has 5 nitrogen and oxygen atoms in total. The number of likely N-dealkylation sites (tertiary alicyclic amines) is 1. The van der Waals surface area contributed by atoms with Crippen molar-refractivity contribution < 1.29 is 14.3 Å². The predicted octanol–water partition coefficient (Wildman–Crippen LogP) is 5.71. The Balaban J connectivity index is 1.32. The maximum absolute atomic E-state index is 13.9. The largest absolute Gasteiger partial charge is 0.497 e. The highest BCUT2D eigenvalue weighted by Gasteiger charge is 2.73. The van der Waals surface area contributed by atoms with Gasteiger partial charge in [-0.3, -0.25) is 9.69 Å². The molecule has 4 fully saturated rings. The summed E-state index contributed by atoms with van der Waals surface area (Å²) in [6.45, 7) is 3.03. The van der Waals surface area contributed by atoms with Crippen LogP contribution in [0.15, 0.2) is 42.5 Å². The first-order chi connectivity index (χ1) is 18.0. The molecular weight excluding hydrogens is 599 g/mol. The van der Waals surface area contributed by atoms with Gasteiger partial charge >= 0.3 is 0 Å². The maximum Gasteiger partial charge on any atom is 0.254 e. The second-order valence-electron chi connectivity index (χ2n) is 11.7. The fraction of sp³-hybridized carbons (Fsp3) is 0.567. The van der Waals surface area contributed by atoms with Gasteiger partial charge in [0.1, 0.15) is 5.75 Å². The molecule has 0 radical (unpaired) electrons. The van der Waals surface area contributed by atoms with Gasteiger partial charge in [-0.2, -0.15) is 0 Å². The Labute approximate surface area is 238 Å². The molecule has 2 aromatic rings. The smallest absolute Gasteiger partial charge is 0.254 e. The van der Waals surface area contributed by atoms with E-state index >= 15 is 0 Å². The third-order valence-electron chi connectivity index (χ3n) is 10.2. The van der Waals surface area contributed by atoms with Gasteiger partial charge in [-0.1, -0.05) is 46.3 Å². The molecule has 196 valence electrons. The van der Waals surface area contributed by atoms with Crippen molar-refractivity contribution in [2.75, 3.05) is 31.4 Å². The molecule has 2 saturated carbocycles. The minimum atomic E-state index is -0.184. The topological polar surface area (TPSA) is 42.0 Å². The molecule has 3 aliphatic carbocycles. The molecule has 2 aromatic carbocycles. The number of hydrogen-bond donors (Lipinski definition) is 0. The minimum Gasteiger partial charge on any atom is -0.497 e. The summed E-state index contributed by atoms with van der Waals surface area (Å²) in [6, 6.07) is 14.6. The number of benzene rings is 2. The molecule has 0 spiro atoms. The first-order valence-corrected chi connectivity index (χ1v) is 15.6. The van der Waals surface area contributed by atoms with Crippen LogP contribution in [0.2, 0.25) is 5.02 Å². The lowest BCUT2D eigenvalue weighted by Crippen LogP contribution is -2.74. The van der Waals surface area contributed by atoms with E-state index in [9.17, 15) is 4.79 Å². The first kappa shape index (κ1) is 24.7. The van der Waals surface area contributed by atoms with Gasteiger partial charge in [0.15, 0.2) is 0 Å². The van der Waals surface area contributed by atoms with Crippen LogP contribution >= 0.6 is 34.2 Å². The van der Waals surface area contributed by atoms with Crippen molar-refractivity contribution in [2.24, 2.45) is 11.8 Å². The first-order valence-electron chi connectivity index (χ1n) is 13.7. The zero-order chi connectivity index (χ0) is 25.4. The van der Waals surface area contributed by atoms with Gasteiger partial charge in [0.2, 0.25) is 0 Å². The van der Waals surface area contributed by atoms with Crippen LogP contribution in [0.1, 0.15) is 53.6 Å².